The number of nitrogens with one attached hydrogen (secondary N) is 1. The van der Waals surface area contributed by atoms with Crippen molar-refractivity contribution in [2.75, 3.05) is 6.54 Å². The minimum Gasteiger partial charge on any atom is -0.447 e. The first-order valence-corrected chi connectivity index (χ1v) is 6.37. The molecule has 1 aliphatic heterocycles. The molecule has 0 saturated heterocycles. The maximum Gasteiger partial charge on any atom is 0.251 e. The zero-order chi connectivity index (χ0) is 13.4. The van der Waals surface area contributed by atoms with Crippen molar-refractivity contribution in [3.63, 3.8) is 0 Å². The van der Waals surface area contributed by atoms with Crippen molar-refractivity contribution < 1.29 is 14.3 Å². The number of benzene rings is 1. The number of hydrogen-bond donors (Lipinski definition) is 2. The number of hydrogen-bond acceptors (Lipinski definition) is 3. The van der Waals surface area contributed by atoms with E-state index in [4.69, 9.17) is 16.0 Å². The predicted molar refractivity (Wildman–Crippen MR) is 70.3 cm³/mol. The maximum absolute atomic E-state index is 11.8. The molecule has 4 nitrogen and oxygen atoms in total. The Morgan fingerprint density at radius 1 is 1.32 bits per heavy atom. The standard InChI is InChI=1S/C14H12ClNO3/c15-12-4-3-11(19-12)13(17)9-2-1-8-5-6-16-14(18)10(8)7-9/h1-4,7,13,17H,5-6H2,(H,16,18). The minimum atomic E-state index is -0.924. The molecule has 0 radical (unpaired) electrons. The second-order valence-electron chi connectivity index (χ2n) is 4.47. The van der Waals surface area contributed by atoms with Crippen molar-refractivity contribution >= 4 is 17.5 Å². The lowest BCUT2D eigenvalue weighted by Gasteiger charge is -2.18. The highest BCUT2D eigenvalue weighted by molar-refractivity contribution is 6.28. The smallest absolute Gasteiger partial charge is 0.251 e. The van der Waals surface area contributed by atoms with E-state index in [0.29, 0.717) is 23.4 Å². The van der Waals surface area contributed by atoms with Crippen LogP contribution in [0.1, 0.15) is 33.3 Å². The summed E-state index contributed by atoms with van der Waals surface area (Å²) in [4.78, 5) is 11.8. The first-order valence-electron chi connectivity index (χ1n) is 5.99. The van der Waals surface area contributed by atoms with Crippen molar-refractivity contribution in [2.24, 2.45) is 0 Å². The molecule has 98 valence electrons. The number of amides is 1. The van der Waals surface area contributed by atoms with Crippen LogP contribution in [-0.4, -0.2) is 17.6 Å². The van der Waals surface area contributed by atoms with Gasteiger partial charge in [0.05, 0.1) is 0 Å². The summed E-state index contributed by atoms with van der Waals surface area (Å²) < 4.78 is 5.19. The number of halogens is 1. The van der Waals surface area contributed by atoms with Gasteiger partial charge in [-0.2, -0.15) is 0 Å². The van der Waals surface area contributed by atoms with Crippen LogP contribution in [0.2, 0.25) is 5.22 Å². The fourth-order valence-electron chi connectivity index (χ4n) is 2.24. The van der Waals surface area contributed by atoms with Crippen molar-refractivity contribution in [3.05, 3.63) is 58.0 Å². The van der Waals surface area contributed by atoms with Gasteiger partial charge in [-0.25, -0.2) is 0 Å². The Balaban J connectivity index is 1.97. The number of carbonyl (C=O) groups excluding carboxylic acids is 1. The fraction of sp³-hybridized carbons (Fsp3) is 0.214. The van der Waals surface area contributed by atoms with Gasteiger partial charge in [0, 0.05) is 12.1 Å². The lowest BCUT2D eigenvalue weighted by atomic mass is 9.95. The Morgan fingerprint density at radius 2 is 2.16 bits per heavy atom. The SMILES string of the molecule is O=C1NCCc2ccc(C(O)c3ccc(Cl)o3)cc21. The van der Waals surface area contributed by atoms with E-state index in [1.165, 1.54) is 0 Å². The Hall–Kier alpha value is -1.78. The number of aliphatic hydroxyl groups is 1. The Bertz CT molecular complexity index is 635. The molecule has 0 fully saturated rings. The number of furan rings is 1. The third kappa shape index (κ3) is 2.25. The topological polar surface area (TPSA) is 62.5 Å². The van der Waals surface area contributed by atoms with Crippen LogP contribution in [0.15, 0.2) is 34.7 Å². The largest absolute Gasteiger partial charge is 0.447 e. The third-order valence-corrected chi connectivity index (χ3v) is 3.44. The second-order valence-corrected chi connectivity index (χ2v) is 4.84. The van der Waals surface area contributed by atoms with E-state index in [0.717, 1.165) is 12.0 Å². The quantitative estimate of drug-likeness (QED) is 0.885. The Morgan fingerprint density at radius 3 is 2.89 bits per heavy atom. The molecule has 2 N–H and O–H groups in total. The van der Waals surface area contributed by atoms with E-state index in [1.54, 1.807) is 24.3 Å². The van der Waals surface area contributed by atoms with Crippen LogP contribution >= 0.6 is 11.6 Å². The van der Waals surface area contributed by atoms with E-state index < -0.39 is 6.10 Å². The van der Waals surface area contributed by atoms with E-state index in [9.17, 15) is 9.90 Å². The lowest BCUT2D eigenvalue weighted by molar-refractivity contribution is 0.0945. The van der Waals surface area contributed by atoms with Crippen LogP contribution in [-0.2, 0) is 6.42 Å². The monoisotopic (exact) mass is 277 g/mol. The van der Waals surface area contributed by atoms with E-state index >= 15 is 0 Å². The molecule has 0 bridgehead atoms. The summed E-state index contributed by atoms with van der Waals surface area (Å²) in [6.45, 7) is 0.654. The van der Waals surface area contributed by atoms with Gasteiger partial charge in [-0.05, 0) is 47.3 Å². The number of carbonyl (C=O) groups is 1. The first-order chi connectivity index (χ1) is 9.15. The molecule has 0 saturated carbocycles. The average molecular weight is 278 g/mol. The van der Waals surface area contributed by atoms with Gasteiger partial charge in [0.25, 0.3) is 5.91 Å². The number of fused-ring (bicyclic) bond motifs is 1. The van der Waals surface area contributed by atoms with Crippen LogP contribution in [0.3, 0.4) is 0 Å². The Labute approximate surface area is 115 Å². The van der Waals surface area contributed by atoms with Gasteiger partial charge in [0.1, 0.15) is 11.9 Å². The van der Waals surface area contributed by atoms with Gasteiger partial charge in [0.15, 0.2) is 5.22 Å². The summed E-state index contributed by atoms with van der Waals surface area (Å²) in [6.07, 6.45) is -0.114. The number of aliphatic hydroxyl groups excluding tert-OH is 1. The molecular formula is C14H12ClNO3. The molecule has 1 aromatic carbocycles. The minimum absolute atomic E-state index is 0.104. The fourth-order valence-corrected chi connectivity index (χ4v) is 2.39. The van der Waals surface area contributed by atoms with Crippen LogP contribution < -0.4 is 5.32 Å². The van der Waals surface area contributed by atoms with E-state index in [2.05, 4.69) is 5.32 Å². The summed E-state index contributed by atoms with van der Waals surface area (Å²) in [6, 6.07) is 8.57. The molecule has 19 heavy (non-hydrogen) atoms. The van der Waals surface area contributed by atoms with Crippen LogP contribution in [0.25, 0.3) is 0 Å². The van der Waals surface area contributed by atoms with Crippen molar-refractivity contribution in [1.29, 1.82) is 0 Å². The normalized spacial score (nSPS) is 15.8. The van der Waals surface area contributed by atoms with Crippen molar-refractivity contribution in [3.8, 4) is 0 Å². The lowest BCUT2D eigenvalue weighted by Crippen LogP contribution is -2.31. The van der Waals surface area contributed by atoms with E-state index in [-0.39, 0.29) is 11.1 Å². The molecule has 2 heterocycles. The molecular weight excluding hydrogens is 266 g/mol. The summed E-state index contributed by atoms with van der Waals surface area (Å²) in [5.74, 6) is 0.258. The highest BCUT2D eigenvalue weighted by atomic mass is 35.5. The van der Waals surface area contributed by atoms with Gasteiger partial charge in [0.2, 0.25) is 0 Å². The third-order valence-electron chi connectivity index (χ3n) is 3.24. The van der Waals surface area contributed by atoms with Gasteiger partial charge in [-0.1, -0.05) is 12.1 Å². The number of rotatable bonds is 2. The van der Waals surface area contributed by atoms with Crippen molar-refractivity contribution in [2.45, 2.75) is 12.5 Å². The zero-order valence-electron chi connectivity index (χ0n) is 10.0. The molecule has 3 rings (SSSR count). The molecule has 1 unspecified atom stereocenters. The first kappa shape index (κ1) is 12.3. The summed E-state index contributed by atoms with van der Waals surface area (Å²) >= 11 is 5.69. The Kier molecular flexibility index (Phi) is 3.05. The van der Waals surface area contributed by atoms with Gasteiger partial charge in [-0.15, -0.1) is 0 Å². The predicted octanol–water partition coefficient (Wildman–Crippen LogP) is 2.30. The average Bonchev–Trinajstić information content (AvgIpc) is 2.85. The van der Waals surface area contributed by atoms with Crippen molar-refractivity contribution in [1.82, 2.24) is 5.32 Å². The highest BCUT2D eigenvalue weighted by Gasteiger charge is 2.20. The molecule has 1 amide bonds. The van der Waals surface area contributed by atoms with E-state index in [1.807, 2.05) is 6.07 Å². The van der Waals surface area contributed by atoms with Gasteiger partial charge >= 0.3 is 0 Å². The highest BCUT2D eigenvalue weighted by Crippen LogP contribution is 2.27. The summed E-state index contributed by atoms with van der Waals surface area (Å²) in [5, 5.41) is 13.2. The van der Waals surface area contributed by atoms with Gasteiger partial charge in [-0.3, -0.25) is 4.79 Å². The summed E-state index contributed by atoms with van der Waals surface area (Å²) in [5.41, 5.74) is 2.22. The molecule has 0 spiro atoms. The molecule has 1 aromatic heterocycles. The molecule has 0 aliphatic carbocycles. The van der Waals surface area contributed by atoms with Crippen LogP contribution in [0.5, 0.6) is 0 Å². The second kappa shape index (κ2) is 4.72. The van der Waals surface area contributed by atoms with Crippen LogP contribution in [0, 0.1) is 0 Å². The molecule has 5 heteroatoms. The maximum atomic E-state index is 11.8. The van der Waals surface area contributed by atoms with Crippen LogP contribution in [0.4, 0.5) is 0 Å². The molecule has 1 aliphatic rings. The summed E-state index contributed by atoms with van der Waals surface area (Å²) in [7, 11) is 0. The molecule has 2 aromatic rings. The molecule has 1 atom stereocenters. The van der Waals surface area contributed by atoms with Gasteiger partial charge < -0.3 is 14.8 Å². The zero-order valence-corrected chi connectivity index (χ0v) is 10.8.